The topological polar surface area (TPSA) is 90.6 Å². The summed E-state index contributed by atoms with van der Waals surface area (Å²) in [6, 6.07) is 9.76. The third-order valence-corrected chi connectivity index (χ3v) is 4.55. The molecule has 0 aliphatic carbocycles. The first-order valence-corrected chi connectivity index (χ1v) is 8.94. The van der Waals surface area contributed by atoms with Gasteiger partial charge in [-0.3, -0.25) is 4.68 Å². The van der Waals surface area contributed by atoms with Crippen LogP contribution in [0.15, 0.2) is 42.9 Å². The number of ether oxygens (including phenoxy) is 1. The molecule has 1 N–H and O–H groups in total. The van der Waals surface area contributed by atoms with Crippen LogP contribution in [-0.2, 0) is 7.05 Å². The van der Waals surface area contributed by atoms with Gasteiger partial charge in [0.05, 0.1) is 30.2 Å². The summed E-state index contributed by atoms with van der Waals surface area (Å²) in [5, 5.41) is 17.2. The lowest BCUT2D eigenvalue weighted by atomic mass is 10.1. The Morgan fingerprint density at radius 1 is 1.11 bits per heavy atom. The number of aryl methyl sites for hydroxylation is 2. The largest absolute Gasteiger partial charge is 0.494 e. The third-order valence-electron chi connectivity index (χ3n) is 4.55. The predicted octanol–water partition coefficient (Wildman–Crippen LogP) is 3.31. The van der Waals surface area contributed by atoms with Crippen LogP contribution in [0.3, 0.4) is 0 Å². The standard InChI is InChI=1S/C20H21N7O/c1-12-5-6-16(25-24-12)13(2)23-20-15-9-14(17-7-8-27(3)26-17)10-18(28-4)19(15)21-11-22-20/h5-11,13H,1-4H3,(H,21,22,23). The van der Waals surface area contributed by atoms with E-state index < -0.39 is 0 Å². The molecular weight excluding hydrogens is 354 g/mol. The molecule has 0 bridgehead atoms. The van der Waals surface area contributed by atoms with Gasteiger partial charge in [0.2, 0.25) is 0 Å². The molecule has 1 aromatic carbocycles. The van der Waals surface area contributed by atoms with Crippen molar-refractivity contribution in [3.63, 3.8) is 0 Å². The van der Waals surface area contributed by atoms with Gasteiger partial charge in [-0.2, -0.15) is 15.3 Å². The maximum absolute atomic E-state index is 5.58. The Morgan fingerprint density at radius 3 is 2.64 bits per heavy atom. The highest BCUT2D eigenvalue weighted by Crippen LogP contribution is 2.34. The van der Waals surface area contributed by atoms with E-state index in [9.17, 15) is 0 Å². The van der Waals surface area contributed by atoms with Crippen molar-refractivity contribution in [2.24, 2.45) is 7.05 Å². The summed E-state index contributed by atoms with van der Waals surface area (Å²) < 4.78 is 7.35. The highest BCUT2D eigenvalue weighted by atomic mass is 16.5. The fourth-order valence-corrected chi connectivity index (χ4v) is 3.04. The lowest BCUT2D eigenvalue weighted by molar-refractivity contribution is 0.419. The van der Waals surface area contributed by atoms with E-state index in [0.717, 1.165) is 33.5 Å². The Kier molecular flexibility index (Phi) is 4.60. The molecule has 8 heteroatoms. The van der Waals surface area contributed by atoms with E-state index >= 15 is 0 Å². The fraction of sp³-hybridized carbons (Fsp3) is 0.250. The van der Waals surface area contributed by atoms with E-state index in [0.29, 0.717) is 11.6 Å². The van der Waals surface area contributed by atoms with E-state index in [1.807, 2.05) is 57.4 Å². The minimum absolute atomic E-state index is 0.0734. The molecule has 4 aromatic rings. The summed E-state index contributed by atoms with van der Waals surface area (Å²) >= 11 is 0. The average molecular weight is 375 g/mol. The van der Waals surface area contributed by atoms with Gasteiger partial charge in [0.25, 0.3) is 0 Å². The van der Waals surface area contributed by atoms with E-state index in [2.05, 4.69) is 30.6 Å². The van der Waals surface area contributed by atoms with Crippen molar-refractivity contribution in [3.8, 4) is 17.0 Å². The smallest absolute Gasteiger partial charge is 0.145 e. The minimum Gasteiger partial charge on any atom is -0.494 e. The van der Waals surface area contributed by atoms with Crippen molar-refractivity contribution >= 4 is 16.7 Å². The number of methoxy groups -OCH3 is 1. The first-order valence-electron chi connectivity index (χ1n) is 8.94. The van der Waals surface area contributed by atoms with Gasteiger partial charge in [-0.15, -0.1) is 0 Å². The number of fused-ring (bicyclic) bond motifs is 1. The summed E-state index contributed by atoms with van der Waals surface area (Å²) in [6.45, 7) is 3.94. The maximum atomic E-state index is 5.58. The molecule has 8 nitrogen and oxygen atoms in total. The van der Waals surface area contributed by atoms with Gasteiger partial charge in [-0.05, 0) is 44.2 Å². The number of hydrogen-bond donors (Lipinski definition) is 1. The summed E-state index contributed by atoms with van der Waals surface area (Å²) in [4.78, 5) is 8.87. The lowest BCUT2D eigenvalue weighted by Crippen LogP contribution is -2.11. The Labute approximate surface area is 162 Å². The molecule has 1 atom stereocenters. The molecular formula is C20H21N7O. The Bertz CT molecular complexity index is 1120. The molecule has 0 aliphatic rings. The number of nitrogens with one attached hydrogen (secondary N) is 1. The van der Waals surface area contributed by atoms with E-state index in [4.69, 9.17) is 4.74 Å². The van der Waals surface area contributed by atoms with Crippen molar-refractivity contribution < 1.29 is 4.74 Å². The Hall–Kier alpha value is -3.55. The molecule has 3 aromatic heterocycles. The number of nitrogens with zero attached hydrogens (tertiary/aromatic N) is 6. The fourth-order valence-electron chi connectivity index (χ4n) is 3.04. The zero-order chi connectivity index (χ0) is 19.7. The van der Waals surface area contributed by atoms with Crippen LogP contribution >= 0.6 is 0 Å². The van der Waals surface area contributed by atoms with Crippen molar-refractivity contribution in [2.45, 2.75) is 19.9 Å². The van der Waals surface area contributed by atoms with Crippen LogP contribution in [-0.4, -0.2) is 37.1 Å². The van der Waals surface area contributed by atoms with Gasteiger partial charge in [-0.1, -0.05) is 0 Å². The Morgan fingerprint density at radius 2 is 1.96 bits per heavy atom. The van der Waals surface area contributed by atoms with Crippen LogP contribution in [0.4, 0.5) is 5.82 Å². The maximum Gasteiger partial charge on any atom is 0.145 e. The number of anilines is 1. The van der Waals surface area contributed by atoms with Crippen LogP contribution in [0.25, 0.3) is 22.2 Å². The molecule has 0 fully saturated rings. The van der Waals surface area contributed by atoms with Crippen LogP contribution in [0, 0.1) is 6.92 Å². The molecule has 1 unspecified atom stereocenters. The van der Waals surface area contributed by atoms with Gasteiger partial charge in [0.15, 0.2) is 0 Å². The second-order valence-electron chi connectivity index (χ2n) is 6.64. The SMILES string of the molecule is COc1cc(-c2ccn(C)n2)cc2c(NC(C)c3ccc(C)nn3)ncnc12. The molecule has 0 saturated heterocycles. The molecule has 4 rings (SSSR count). The molecule has 0 amide bonds. The molecule has 3 heterocycles. The molecule has 0 radical (unpaired) electrons. The minimum atomic E-state index is -0.0734. The van der Waals surface area contributed by atoms with E-state index in [1.165, 1.54) is 6.33 Å². The van der Waals surface area contributed by atoms with Crippen molar-refractivity contribution in [2.75, 3.05) is 12.4 Å². The second-order valence-corrected chi connectivity index (χ2v) is 6.64. The van der Waals surface area contributed by atoms with Crippen molar-refractivity contribution in [1.29, 1.82) is 0 Å². The monoisotopic (exact) mass is 375 g/mol. The molecule has 28 heavy (non-hydrogen) atoms. The number of rotatable bonds is 5. The lowest BCUT2D eigenvalue weighted by Gasteiger charge is -2.16. The summed E-state index contributed by atoms with van der Waals surface area (Å²) in [5.74, 6) is 1.38. The molecule has 0 aliphatic heterocycles. The zero-order valence-electron chi connectivity index (χ0n) is 16.2. The van der Waals surface area contributed by atoms with Gasteiger partial charge in [0, 0.05) is 24.2 Å². The Balaban J connectivity index is 1.78. The highest BCUT2D eigenvalue weighted by molar-refractivity contribution is 5.96. The summed E-state index contributed by atoms with van der Waals surface area (Å²) in [5.41, 5.74) is 4.25. The third kappa shape index (κ3) is 3.36. The molecule has 0 saturated carbocycles. The quantitative estimate of drug-likeness (QED) is 0.572. The number of hydrogen-bond acceptors (Lipinski definition) is 7. The van der Waals surface area contributed by atoms with Gasteiger partial charge in [-0.25, -0.2) is 9.97 Å². The number of aromatic nitrogens is 6. The first kappa shape index (κ1) is 17.8. The van der Waals surface area contributed by atoms with E-state index in [1.54, 1.807) is 11.8 Å². The van der Waals surface area contributed by atoms with Gasteiger partial charge >= 0.3 is 0 Å². The van der Waals surface area contributed by atoms with Crippen LogP contribution < -0.4 is 10.1 Å². The molecule has 0 spiro atoms. The van der Waals surface area contributed by atoms with E-state index in [-0.39, 0.29) is 6.04 Å². The van der Waals surface area contributed by atoms with Gasteiger partial charge < -0.3 is 10.1 Å². The van der Waals surface area contributed by atoms with Crippen LogP contribution in [0.5, 0.6) is 5.75 Å². The zero-order valence-corrected chi connectivity index (χ0v) is 16.2. The number of benzene rings is 1. The average Bonchev–Trinajstić information content (AvgIpc) is 3.14. The molecule has 142 valence electrons. The highest BCUT2D eigenvalue weighted by Gasteiger charge is 2.15. The predicted molar refractivity (Wildman–Crippen MR) is 107 cm³/mol. The normalized spacial score (nSPS) is 12.1. The van der Waals surface area contributed by atoms with Crippen LogP contribution in [0.2, 0.25) is 0 Å². The summed E-state index contributed by atoms with van der Waals surface area (Å²) in [7, 11) is 3.53. The first-order chi connectivity index (χ1) is 13.5. The van der Waals surface area contributed by atoms with Crippen molar-refractivity contribution in [3.05, 3.63) is 54.2 Å². The second kappa shape index (κ2) is 7.22. The van der Waals surface area contributed by atoms with Crippen LogP contribution in [0.1, 0.15) is 24.4 Å². The summed E-state index contributed by atoms with van der Waals surface area (Å²) in [6.07, 6.45) is 3.44. The van der Waals surface area contributed by atoms with Crippen molar-refractivity contribution in [1.82, 2.24) is 29.9 Å². The van der Waals surface area contributed by atoms with Gasteiger partial charge in [0.1, 0.15) is 23.4 Å².